The average molecular weight is 361 g/mol. The molecule has 138 valence electrons. The number of ether oxygens (including phenoxy) is 1. The highest BCUT2D eigenvalue weighted by atomic mass is 16.5. The number of hydrogen-bond donors (Lipinski definition) is 0. The van der Waals surface area contributed by atoms with Crippen LogP contribution in [-0.2, 0) is 0 Å². The normalized spacial score (nSPS) is 13.8. The number of benzene rings is 2. The summed E-state index contributed by atoms with van der Waals surface area (Å²) in [5, 5.41) is 4.76. The number of rotatable bonds is 4. The maximum atomic E-state index is 13.1. The topological polar surface area (TPSA) is 47.4 Å². The van der Waals surface area contributed by atoms with Crippen LogP contribution < -0.4 is 4.74 Å². The van der Waals surface area contributed by atoms with Crippen molar-refractivity contribution in [2.75, 3.05) is 20.2 Å². The Morgan fingerprint density at radius 2 is 1.67 bits per heavy atom. The van der Waals surface area contributed by atoms with Crippen molar-refractivity contribution >= 4 is 5.91 Å². The highest BCUT2D eigenvalue weighted by Gasteiger charge is 2.24. The van der Waals surface area contributed by atoms with Crippen LogP contribution in [0.5, 0.6) is 5.75 Å². The molecule has 4 rings (SSSR count). The zero-order valence-corrected chi connectivity index (χ0v) is 15.7. The zero-order valence-electron chi connectivity index (χ0n) is 15.7. The van der Waals surface area contributed by atoms with Gasteiger partial charge in [0.25, 0.3) is 5.91 Å². The van der Waals surface area contributed by atoms with Gasteiger partial charge >= 0.3 is 0 Å². The summed E-state index contributed by atoms with van der Waals surface area (Å²) in [7, 11) is 1.65. The van der Waals surface area contributed by atoms with Gasteiger partial charge in [0.1, 0.15) is 11.4 Å². The van der Waals surface area contributed by atoms with Crippen LogP contribution in [0, 0.1) is 6.92 Å². The van der Waals surface area contributed by atoms with E-state index < -0.39 is 0 Å². The van der Waals surface area contributed by atoms with E-state index in [1.165, 1.54) is 5.56 Å². The Hall–Kier alpha value is -3.08. The molecule has 5 heteroatoms. The quantitative estimate of drug-likeness (QED) is 0.703. The molecule has 1 amide bonds. The number of aromatic nitrogens is 2. The maximum Gasteiger partial charge on any atom is 0.272 e. The number of carbonyl (C=O) groups excluding carboxylic acids is 1. The summed E-state index contributed by atoms with van der Waals surface area (Å²) in [5.74, 6) is 0.838. The lowest BCUT2D eigenvalue weighted by molar-refractivity contribution is 0.0784. The summed E-state index contributed by atoms with van der Waals surface area (Å²) in [6.45, 7) is 3.68. The molecule has 0 bridgehead atoms. The summed E-state index contributed by atoms with van der Waals surface area (Å²) in [6.07, 6.45) is 2.13. The molecule has 1 aromatic heterocycles. The van der Waals surface area contributed by atoms with Crippen molar-refractivity contribution in [2.24, 2.45) is 0 Å². The smallest absolute Gasteiger partial charge is 0.272 e. The molecule has 5 nitrogen and oxygen atoms in total. The van der Waals surface area contributed by atoms with Crippen LogP contribution in [0.4, 0.5) is 0 Å². The van der Waals surface area contributed by atoms with Crippen LogP contribution in [0.25, 0.3) is 16.9 Å². The number of likely N-dealkylation sites (tertiary alicyclic amines) is 1. The third kappa shape index (κ3) is 3.45. The molecule has 3 aromatic rings. The van der Waals surface area contributed by atoms with Crippen LogP contribution in [0.2, 0.25) is 0 Å². The average Bonchev–Trinajstić information content (AvgIpc) is 3.38. The standard InChI is InChI=1S/C22H23N3O2/c1-16-5-9-18(10-6-16)25-21(22(26)24-13-3-4-14-24)15-20(23-25)17-7-11-19(27-2)12-8-17/h5-12,15H,3-4,13-14H2,1-2H3. The van der Waals surface area contributed by atoms with E-state index in [0.717, 1.165) is 48.6 Å². The van der Waals surface area contributed by atoms with Gasteiger partial charge in [0.05, 0.1) is 18.5 Å². The molecule has 0 saturated carbocycles. The Kier molecular flexibility index (Phi) is 4.67. The number of nitrogens with zero attached hydrogens (tertiary/aromatic N) is 3. The zero-order chi connectivity index (χ0) is 18.8. The van der Waals surface area contributed by atoms with Crippen LogP contribution in [0.15, 0.2) is 54.6 Å². The van der Waals surface area contributed by atoms with Crippen molar-refractivity contribution in [3.8, 4) is 22.7 Å². The minimum Gasteiger partial charge on any atom is -0.497 e. The Morgan fingerprint density at radius 3 is 2.30 bits per heavy atom. The van der Waals surface area contributed by atoms with Crippen LogP contribution in [0.1, 0.15) is 28.9 Å². The van der Waals surface area contributed by atoms with Gasteiger partial charge in [-0.15, -0.1) is 0 Å². The first kappa shape index (κ1) is 17.3. The molecule has 0 N–H and O–H groups in total. The molecular weight excluding hydrogens is 338 g/mol. The summed E-state index contributed by atoms with van der Waals surface area (Å²) in [5.41, 5.74) is 4.40. The summed E-state index contributed by atoms with van der Waals surface area (Å²) in [4.78, 5) is 15.0. The number of aryl methyl sites for hydroxylation is 1. The molecule has 2 aromatic carbocycles. The van der Waals surface area contributed by atoms with E-state index in [2.05, 4.69) is 0 Å². The molecule has 0 atom stereocenters. The molecular formula is C22H23N3O2. The van der Waals surface area contributed by atoms with Gasteiger partial charge in [0.2, 0.25) is 0 Å². The van der Waals surface area contributed by atoms with Crippen molar-refractivity contribution in [3.63, 3.8) is 0 Å². The molecule has 1 fully saturated rings. The fourth-order valence-electron chi connectivity index (χ4n) is 3.40. The van der Waals surface area contributed by atoms with Gasteiger partial charge in [-0.1, -0.05) is 17.7 Å². The largest absolute Gasteiger partial charge is 0.497 e. The van der Waals surface area contributed by atoms with Gasteiger partial charge in [-0.2, -0.15) is 5.10 Å². The Morgan fingerprint density at radius 1 is 1.00 bits per heavy atom. The summed E-state index contributed by atoms with van der Waals surface area (Å²) < 4.78 is 7.00. The fraction of sp³-hybridized carbons (Fsp3) is 0.273. The van der Waals surface area contributed by atoms with Gasteiger partial charge in [-0.05, 0) is 62.2 Å². The van der Waals surface area contributed by atoms with E-state index in [-0.39, 0.29) is 5.91 Å². The SMILES string of the molecule is COc1ccc(-c2cc(C(=O)N3CCCC3)n(-c3ccc(C)cc3)n2)cc1. The highest BCUT2D eigenvalue weighted by molar-refractivity contribution is 5.94. The molecule has 1 saturated heterocycles. The number of carbonyl (C=O) groups is 1. The van der Waals surface area contributed by atoms with Crippen LogP contribution in [0.3, 0.4) is 0 Å². The van der Waals surface area contributed by atoms with Gasteiger partial charge in [0, 0.05) is 18.7 Å². The van der Waals surface area contributed by atoms with Crippen molar-refractivity contribution in [1.82, 2.24) is 14.7 Å². The number of hydrogen-bond acceptors (Lipinski definition) is 3. The molecule has 0 spiro atoms. The van der Waals surface area contributed by atoms with E-state index in [0.29, 0.717) is 5.69 Å². The molecule has 0 radical (unpaired) electrons. The van der Waals surface area contributed by atoms with E-state index in [4.69, 9.17) is 9.84 Å². The molecule has 1 aliphatic rings. The first-order chi connectivity index (χ1) is 13.2. The lowest BCUT2D eigenvalue weighted by Crippen LogP contribution is -2.29. The second kappa shape index (κ2) is 7.27. The minimum atomic E-state index is 0.0420. The lowest BCUT2D eigenvalue weighted by atomic mass is 10.1. The monoisotopic (exact) mass is 361 g/mol. The third-order valence-corrected chi connectivity index (χ3v) is 4.99. The second-order valence-corrected chi connectivity index (χ2v) is 6.89. The van der Waals surface area contributed by atoms with Gasteiger partial charge in [-0.25, -0.2) is 4.68 Å². The first-order valence-corrected chi connectivity index (χ1v) is 9.26. The summed E-state index contributed by atoms with van der Waals surface area (Å²) in [6, 6.07) is 17.7. The van der Waals surface area contributed by atoms with E-state index in [9.17, 15) is 4.79 Å². The predicted molar refractivity (Wildman–Crippen MR) is 105 cm³/mol. The molecule has 0 aliphatic carbocycles. The van der Waals surface area contributed by atoms with E-state index in [1.54, 1.807) is 11.8 Å². The van der Waals surface area contributed by atoms with Crippen molar-refractivity contribution in [1.29, 1.82) is 0 Å². The van der Waals surface area contributed by atoms with E-state index in [1.807, 2.05) is 66.4 Å². The Bertz CT molecular complexity index is 937. The van der Waals surface area contributed by atoms with Crippen molar-refractivity contribution < 1.29 is 9.53 Å². The van der Waals surface area contributed by atoms with Gasteiger partial charge in [-0.3, -0.25) is 4.79 Å². The number of methoxy groups -OCH3 is 1. The van der Waals surface area contributed by atoms with E-state index >= 15 is 0 Å². The van der Waals surface area contributed by atoms with Crippen LogP contribution in [-0.4, -0.2) is 40.8 Å². The minimum absolute atomic E-state index is 0.0420. The maximum absolute atomic E-state index is 13.1. The summed E-state index contributed by atoms with van der Waals surface area (Å²) >= 11 is 0. The van der Waals surface area contributed by atoms with Crippen molar-refractivity contribution in [2.45, 2.75) is 19.8 Å². The first-order valence-electron chi connectivity index (χ1n) is 9.26. The third-order valence-electron chi connectivity index (χ3n) is 4.99. The number of amides is 1. The van der Waals surface area contributed by atoms with Gasteiger partial charge < -0.3 is 9.64 Å². The Labute approximate surface area is 159 Å². The van der Waals surface area contributed by atoms with Gasteiger partial charge in [0.15, 0.2) is 0 Å². The predicted octanol–water partition coefficient (Wildman–Crippen LogP) is 4.09. The molecule has 27 heavy (non-hydrogen) atoms. The lowest BCUT2D eigenvalue weighted by Gasteiger charge is -2.16. The highest BCUT2D eigenvalue weighted by Crippen LogP contribution is 2.25. The second-order valence-electron chi connectivity index (χ2n) is 6.89. The Balaban J connectivity index is 1.78. The molecule has 1 aliphatic heterocycles. The van der Waals surface area contributed by atoms with Crippen molar-refractivity contribution in [3.05, 3.63) is 65.9 Å². The molecule has 0 unspecified atom stereocenters. The van der Waals surface area contributed by atoms with Crippen LogP contribution >= 0.6 is 0 Å². The molecule has 2 heterocycles. The fourth-order valence-corrected chi connectivity index (χ4v) is 3.40.